The topological polar surface area (TPSA) is 31.4 Å². The van der Waals surface area contributed by atoms with E-state index in [0.717, 1.165) is 33.7 Å². The summed E-state index contributed by atoms with van der Waals surface area (Å²) < 4.78 is 10.7. The summed E-state index contributed by atoms with van der Waals surface area (Å²) in [7, 11) is 3.30. The van der Waals surface area contributed by atoms with E-state index in [4.69, 9.17) is 9.47 Å². The van der Waals surface area contributed by atoms with Gasteiger partial charge in [-0.25, -0.2) is 4.98 Å². The molecule has 0 aliphatic heterocycles. The minimum atomic E-state index is 0.770. The fraction of sp³-hybridized carbons (Fsp3) is 0.167. The molecule has 0 radical (unpaired) electrons. The molecular weight excluding hydrogens is 262 g/mol. The summed E-state index contributed by atoms with van der Waals surface area (Å²) in [5.74, 6) is 1.55. The fourth-order valence-corrected chi connectivity index (χ4v) is 2.08. The summed E-state index contributed by atoms with van der Waals surface area (Å²) in [5, 5.41) is 0.955. The van der Waals surface area contributed by atoms with Gasteiger partial charge in [-0.1, -0.05) is 30.9 Å². The Hall–Kier alpha value is -2.55. The van der Waals surface area contributed by atoms with E-state index in [0.29, 0.717) is 0 Å². The van der Waals surface area contributed by atoms with Crippen molar-refractivity contribution >= 4 is 16.5 Å². The molecule has 1 aromatic heterocycles. The lowest BCUT2D eigenvalue weighted by atomic mass is 10.1. The highest BCUT2D eigenvalue weighted by atomic mass is 16.5. The van der Waals surface area contributed by atoms with Gasteiger partial charge in [0.15, 0.2) is 0 Å². The van der Waals surface area contributed by atoms with E-state index in [9.17, 15) is 0 Å². The second-order valence-corrected chi connectivity index (χ2v) is 4.44. The number of nitrogens with zero attached hydrogens (tertiary/aromatic N) is 1. The van der Waals surface area contributed by atoms with E-state index in [-0.39, 0.29) is 0 Å². The molecule has 3 nitrogen and oxygen atoms in total. The van der Waals surface area contributed by atoms with Gasteiger partial charge in [-0.2, -0.15) is 0 Å². The second kappa shape index (κ2) is 6.75. The van der Waals surface area contributed by atoms with Crippen LogP contribution in [0.4, 0.5) is 0 Å². The first-order chi connectivity index (χ1) is 10.2. The lowest BCUT2D eigenvalue weighted by Gasteiger charge is -2.10. The maximum Gasteiger partial charge on any atom is 0.130 e. The smallest absolute Gasteiger partial charge is 0.130 e. The average Bonchev–Trinajstić information content (AvgIpc) is 2.54. The number of hydrogen-bond donors (Lipinski definition) is 0. The summed E-state index contributed by atoms with van der Waals surface area (Å²) in [6.07, 6.45) is 7.68. The van der Waals surface area contributed by atoms with E-state index < -0.39 is 0 Å². The Morgan fingerprint density at radius 2 is 2.00 bits per heavy atom. The molecule has 0 spiro atoms. The highest BCUT2D eigenvalue weighted by molar-refractivity contribution is 5.89. The standard InChI is InChI=1S/C18H19NO2/c1-5-7-8-13(6-2)16-12-18(21-4)15-10-9-14(20-3)11-17(15)19-16/h5-12H,2H2,1,3-4H3/b7-5-,13-8+. The monoisotopic (exact) mass is 281 g/mol. The van der Waals surface area contributed by atoms with Crippen LogP contribution < -0.4 is 9.47 Å². The normalized spacial score (nSPS) is 11.9. The van der Waals surface area contributed by atoms with Crippen LogP contribution in [0.5, 0.6) is 11.5 Å². The van der Waals surface area contributed by atoms with E-state index >= 15 is 0 Å². The molecule has 0 aliphatic carbocycles. The number of hydrogen-bond acceptors (Lipinski definition) is 3. The van der Waals surface area contributed by atoms with Gasteiger partial charge in [-0.05, 0) is 24.6 Å². The van der Waals surface area contributed by atoms with Gasteiger partial charge in [-0.3, -0.25) is 0 Å². The Balaban J connectivity index is 2.67. The molecule has 0 atom stereocenters. The zero-order valence-electron chi connectivity index (χ0n) is 12.6. The zero-order valence-corrected chi connectivity index (χ0v) is 12.6. The van der Waals surface area contributed by atoms with Crippen LogP contribution in [0.25, 0.3) is 16.5 Å². The van der Waals surface area contributed by atoms with Crippen molar-refractivity contribution in [3.8, 4) is 11.5 Å². The number of rotatable bonds is 5. The number of aromatic nitrogens is 1. The van der Waals surface area contributed by atoms with Gasteiger partial charge >= 0.3 is 0 Å². The van der Waals surface area contributed by atoms with Crippen LogP contribution in [0.15, 0.2) is 55.1 Å². The summed E-state index contributed by atoms with van der Waals surface area (Å²) >= 11 is 0. The molecule has 0 amide bonds. The number of ether oxygens (including phenoxy) is 2. The van der Waals surface area contributed by atoms with Crippen LogP contribution >= 0.6 is 0 Å². The zero-order chi connectivity index (χ0) is 15.2. The quantitative estimate of drug-likeness (QED) is 0.761. The molecule has 1 aromatic carbocycles. The van der Waals surface area contributed by atoms with Crippen LogP contribution in [0.2, 0.25) is 0 Å². The van der Waals surface area contributed by atoms with Gasteiger partial charge in [0.05, 0.1) is 25.4 Å². The molecule has 3 heteroatoms. The van der Waals surface area contributed by atoms with Crippen LogP contribution in [0.3, 0.4) is 0 Å². The maximum atomic E-state index is 5.48. The molecule has 0 N–H and O–H groups in total. The molecule has 1 heterocycles. The highest BCUT2D eigenvalue weighted by Gasteiger charge is 2.09. The first kappa shape index (κ1) is 14.9. The van der Waals surface area contributed by atoms with Crippen molar-refractivity contribution in [1.82, 2.24) is 4.98 Å². The van der Waals surface area contributed by atoms with Crippen molar-refractivity contribution in [1.29, 1.82) is 0 Å². The molecule has 0 bridgehead atoms. The molecule has 0 saturated heterocycles. The third-order valence-corrected chi connectivity index (χ3v) is 3.18. The summed E-state index contributed by atoms with van der Waals surface area (Å²) in [4.78, 5) is 4.68. The van der Waals surface area contributed by atoms with Crippen molar-refractivity contribution < 1.29 is 9.47 Å². The Morgan fingerprint density at radius 1 is 1.19 bits per heavy atom. The van der Waals surface area contributed by atoms with Crippen LogP contribution in [-0.2, 0) is 0 Å². The van der Waals surface area contributed by atoms with E-state index in [1.54, 1.807) is 20.3 Å². The number of pyridine rings is 1. The molecule has 2 rings (SSSR count). The lowest BCUT2D eigenvalue weighted by Crippen LogP contribution is -1.94. The molecule has 0 saturated carbocycles. The predicted octanol–water partition coefficient (Wildman–Crippen LogP) is 4.40. The molecule has 21 heavy (non-hydrogen) atoms. The van der Waals surface area contributed by atoms with Crippen LogP contribution in [0.1, 0.15) is 12.6 Å². The number of fused-ring (bicyclic) bond motifs is 1. The minimum absolute atomic E-state index is 0.770. The molecule has 0 aliphatic rings. The number of benzene rings is 1. The van der Waals surface area contributed by atoms with Crippen molar-refractivity contribution in [2.24, 2.45) is 0 Å². The first-order valence-corrected chi connectivity index (χ1v) is 6.72. The summed E-state index contributed by atoms with van der Waals surface area (Å²) in [6, 6.07) is 7.67. The van der Waals surface area contributed by atoms with Gasteiger partial charge in [0.25, 0.3) is 0 Å². The maximum absolute atomic E-state index is 5.48. The number of allylic oxidation sites excluding steroid dienone is 5. The van der Waals surface area contributed by atoms with E-state index in [2.05, 4.69) is 11.6 Å². The Labute approximate surface area is 125 Å². The fourth-order valence-electron chi connectivity index (χ4n) is 2.08. The van der Waals surface area contributed by atoms with Crippen LogP contribution in [-0.4, -0.2) is 19.2 Å². The van der Waals surface area contributed by atoms with Gasteiger partial charge in [0, 0.05) is 17.5 Å². The summed E-state index contributed by atoms with van der Waals surface area (Å²) in [6.45, 7) is 5.82. The third kappa shape index (κ3) is 3.14. The first-order valence-electron chi connectivity index (χ1n) is 6.72. The van der Waals surface area contributed by atoms with Crippen molar-refractivity contribution in [2.75, 3.05) is 14.2 Å². The van der Waals surface area contributed by atoms with Crippen molar-refractivity contribution in [3.63, 3.8) is 0 Å². The van der Waals surface area contributed by atoms with Gasteiger partial charge in [0.2, 0.25) is 0 Å². The Kier molecular flexibility index (Phi) is 4.77. The van der Waals surface area contributed by atoms with E-state index in [1.165, 1.54) is 0 Å². The minimum Gasteiger partial charge on any atom is -0.497 e. The molecule has 0 unspecified atom stereocenters. The largest absolute Gasteiger partial charge is 0.497 e. The number of methoxy groups -OCH3 is 2. The van der Waals surface area contributed by atoms with E-state index in [1.807, 2.05) is 49.4 Å². The predicted molar refractivity (Wildman–Crippen MR) is 87.8 cm³/mol. The van der Waals surface area contributed by atoms with Gasteiger partial charge < -0.3 is 9.47 Å². The van der Waals surface area contributed by atoms with Gasteiger partial charge in [-0.15, -0.1) is 0 Å². The molecule has 2 aromatic rings. The van der Waals surface area contributed by atoms with Crippen molar-refractivity contribution in [3.05, 3.63) is 60.8 Å². The third-order valence-electron chi connectivity index (χ3n) is 3.18. The molecule has 108 valence electrons. The average molecular weight is 281 g/mol. The summed E-state index contributed by atoms with van der Waals surface area (Å²) in [5.41, 5.74) is 2.59. The SMILES string of the molecule is C=C/C(=C\C=C/C)c1cc(OC)c2ccc(OC)cc2n1. The molecule has 0 fully saturated rings. The Morgan fingerprint density at radius 3 is 2.62 bits per heavy atom. The van der Waals surface area contributed by atoms with Gasteiger partial charge in [0.1, 0.15) is 11.5 Å². The van der Waals surface area contributed by atoms with Crippen molar-refractivity contribution in [2.45, 2.75) is 6.92 Å². The highest BCUT2D eigenvalue weighted by Crippen LogP contribution is 2.30. The lowest BCUT2D eigenvalue weighted by molar-refractivity contribution is 0.414. The second-order valence-electron chi connectivity index (χ2n) is 4.44. The molecular formula is C18H19NO2. The van der Waals surface area contributed by atoms with Crippen LogP contribution in [0, 0.1) is 0 Å². The Bertz CT molecular complexity index is 714.